The largest absolute Gasteiger partial charge is 0.487 e. The lowest BCUT2D eigenvalue weighted by atomic mass is 9.97. The average molecular weight is 379 g/mol. The van der Waals surface area contributed by atoms with Crippen LogP contribution in [0.5, 0.6) is 5.75 Å². The van der Waals surface area contributed by atoms with Gasteiger partial charge in [-0.15, -0.1) is 0 Å². The first-order valence-electron chi connectivity index (χ1n) is 9.69. The van der Waals surface area contributed by atoms with E-state index in [1.54, 1.807) is 18.2 Å². The van der Waals surface area contributed by atoms with Crippen molar-refractivity contribution in [3.63, 3.8) is 0 Å². The molecular formula is C23H22FNO3. The van der Waals surface area contributed by atoms with E-state index in [0.29, 0.717) is 5.56 Å². The standard InChI is InChI=1S/C23H22FNO3/c24-18-10-5-7-13-21(18)27-14-15-28-23(26)22-16-8-2-1-3-11-19(16)25-20-12-6-4-9-17(20)22/h4-7,9-10,12-13H,1-3,8,11,14-15H2. The number of carbonyl (C=O) groups excluding carboxylic acids is 1. The fourth-order valence-corrected chi connectivity index (χ4v) is 3.70. The number of hydrogen-bond acceptors (Lipinski definition) is 4. The van der Waals surface area contributed by atoms with E-state index in [-0.39, 0.29) is 24.9 Å². The number of carbonyl (C=O) groups is 1. The number of nitrogens with zero attached hydrogens (tertiary/aromatic N) is 1. The number of aromatic nitrogens is 1. The molecule has 0 bridgehead atoms. The lowest BCUT2D eigenvalue weighted by molar-refractivity contribution is 0.0449. The fraction of sp³-hybridized carbons (Fsp3) is 0.304. The molecule has 0 saturated heterocycles. The van der Waals surface area contributed by atoms with Crippen molar-refractivity contribution in [1.82, 2.24) is 4.98 Å². The zero-order chi connectivity index (χ0) is 19.3. The predicted octanol–water partition coefficient (Wildman–Crippen LogP) is 4.88. The molecule has 2 aromatic carbocycles. The molecule has 0 unspecified atom stereocenters. The number of ether oxygens (including phenoxy) is 2. The number of aryl methyl sites for hydroxylation is 1. The Bertz CT molecular complexity index is 1000. The van der Waals surface area contributed by atoms with Gasteiger partial charge < -0.3 is 9.47 Å². The van der Waals surface area contributed by atoms with Crippen LogP contribution in [0, 0.1) is 5.82 Å². The number of para-hydroxylation sites is 2. The highest BCUT2D eigenvalue weighted by Crippen LogP contribution is 2.29. The molecule has 0 atom stereocenters. The lowest BCUT2D eigenvalue weighted by Gasteiger charge is -2.15. The van der Waals surface area contributed by atoms with E-state index in [0.717, 1.165) is 54.3 Å². The van der Waals surface area contributed by atoms with Crippen molar-refractivity contribution in [1.29, 1.82) is 0 Å². The van der Waals surface area contributed by atoms with Gasteiger partial charge in [-0.25, -0.2) is 9.18 Å². The number of pyridine rings is 1. The highest BCUT2D eigenvalue weighted by molar-refractivity contribution is 6.05. The number of hydrogen-bond donors (Lipinski definition) is 0. The lowest BCUT2D eigenvalue weighted by Crippen LogP contribution is -2.16. The average Bonchev–Trinajstić information content (AvgIpc) is 2.95. The van der Waals surface area contributed by atoms with Gasteiger partial charge in [-0.05, 0) is 49.4 Å². The molecule has 5 heteroatoms. The van der Waals surface area contributed by atoms with E-state index in [2.05, 4.69) is 0 Å². The van der Waals surface area contributed by atoms with Crippen molar-refractivity contribution in [2.75, 3.05) is 13.2 Å². The summed E-state index contributed by atoms with van der Waals surface area (Å²) in [7, 11) is 0. The molecule has 4 rings (SSSR count). The van der Waals surface area contributed by atoms with E-state index in [1.165, 1.54) is 6.07 Å². The second-order valence-corrected chi connectivity index (χ2v) is 6.90. The van der Waals surface area contributed by atoms with Crippen molar-refractivity contribution >= 4 is 16.9 Å². The minimum Gasteiger partial charge on any atom is -0.487 e. The Balaban J connectivity index is 1.53. The molecule has 0 saturated carbocycles. The maximum Gasteiger partial charge on any atom is 0.339 e. The van der Waals surface area contributed by atoms with Crippen LogP contribution in [-0.4, -0.2) is 24.2 Å². The minimum atomic E-state index is -0.431. The van der Waals surface area contributed by atoms with E-state index in [1.807, 2.05) is 24.3 Å². The Labute approximate surface area is 163 Å². The summed E-state index contributed by atoms with van der Waals surface area (Å²) in [6.07, 6.45) is 4.99. The Morgan fingerprint density at radius 1 is 0.964 bits per heavy atom. The third kappa shape index (κ3) is 3.84. The maximum absolute atomic E-state index is 13.6. The molecule has 144 valence electrons. The molecule has 1 aliphatic carbocycles. The summed E-state index contributed by atoms with van der Waals surface area (Å²) in [5, 5.41) is 0.822. The van der Waals surface area contributed by atoms with Gasteiger partial charge >= 0.3 is 5.97 Å². The number of rotatable bonds is 5. The van der Waals surface area contributed by atoms with E-state index in [9.17, 15) is 9.18 Å². The van der Waals surface area contributed by atoms with Gasteiger partial charge in [0.2, 0.25) is 0 Å². The van der Waals surface area contributed by atoms with Gasteiger partial charge in [0.25, 0.3) is 0 Å². The van der Waals surface area contributed by atoms with Crippen molar-refractivity contribution in [2.24, 2.45) is 0 Å². The van der Waals surface area contributed by atoms with Crippen molar-refractivity contribution in [2.45, 2.75) is 32.1 Å². The van der Waals surface area contributed by atoms with Gasteiger partial charge in [0.1, 0.15) is 13.2 Å². The van der Waals surface area contributed by atoms with Gasteiger partial charge in [-0.2, -0.15) is 0 Å². The summed E-state index contributed by atoms with van der Waals surface area (Å²) in [5.74, 6) is -0.644. The smallest absolute Gasteiger partial charge is 0.339 e. The summed E-state index contributed by atoms with van der Waals surface area (Å²) in [5.41, 5.74) is 3.45. The maximum atomic E-state index is 13.6. The van der Waals surface area contributed by atoms with Crippen LogP contribution >= 0.6 is 0 Å². The van der Waals surface area contributed by atoms with Gasteiger partial charge in [-0.3, -0.25) is 4.98 Å². The van der Waals surface area contributed by atoms with Gasteiger partial charge in [0, 0.05) is 11.1 Å². The van der Waals surface area contributed by atoms with Gasteiger partial charge in [-0.1, -0.05) is 36.8 Å². The Hall–Kier alpha value is -2.95. The minimum absolute atomic E-state index is 0.0542. The first-order valence-corrected chi connectivity index (χ1v) is 9.69. The Kier molecular flexibility index (Phi) is 5.51. The van der Waals surface area contributed by atoms with Crippen LogP contribution in [0.15, 0.2) is 48.5 Å². The predicted molar refractivity (Wildman–Crippen MR) is 105 cm³/mol. The molecule has 28 heavy (non-hydrogen) atoms. The van der Waals surface area contributed by atoms with Crippen LogP contribution in [0.3, 0.4) is 0 Å². The third-order valence-corrected chi connectivity index (χ3v) is 5.03. The van der Waals surface area contributed by atoms with Crippen LogP contribution in [0.2, 0.25) is 0 Å². The molecule has 4 nitrogen and oxygen atoms in total. The van der Waals surface area contributed by atoms with Crippen LogP contribution < -0.4 is 4.74 Å². The molecule has 0 fully saturated rings. The number of halogens is 1. The molecule has 0 aliphatic heterocycles. The highest BCUT2D eigenvalue weighted by Gasteiger charge is 2.22. The summed E-state index contributed by atoms with van der Waals surface area (Å²) in [6.45, 7) is 0.149. The summed E-state index contributed by atoms with van der Waals surface area (Å²) >= 11 is 0. The van der Waals surface area contributed by atoms with E-state index < -0.39 is 5.82 Å². The van der Waals surface area contributed by atoms with Crippen LogP contribution in [-0.2, 0) is 17.6 Å². The first kappa shape index (κ1) is 18.4. The summed E-state index contributed by atoms with van der Waals surface area (Å²) in [4.78, 5) is 17.7. The zero-order valence-corrected chi connectivity index (χ0v) is 15.6. The molecule has 0 N–H and O–H groups in total. The van der Waals surface area contributed by atoms with Gasteiger partial charge in [0.05, 0.1) is 11.1 Å². The topological polar surface area (TPSA) is 48.4 Å². The molecule has 1 heterocycles. The summed E-state index contributed by atoms with van der Waals surface area (Å²) in [6, 6.07) is 13.9. The van der Waals surface area contributed by atoms with Crippen LogP contribution in [0.1, 0.15) is 40.9 Å². The molecule has 0 amide bonds. The fourth-order valence-electron chi connectivity index (χ4n) is 3.70. The molecule has 0 radical (unpaired) electrons. The van der Waals surface area contributed by atoms with Crippen LogP contribution in [0.25, 0.3) is 10.9 Å². The SMILES string of the molecule is O=C(OCCOc1ccccc1F)c1c2c(nc3ccccc13)CCCCC2. The van der Waals surface area contributed by atoms with E-state index >= 15 is 0 Å². The zero-order valence-electron chi connectivity index (χ0n) is 15.6. The first-order chi connectivity index (χ1) is 13.7. The van der Waals surface area contributed by atoms with Gasteiger partial charge in [0.15, 0.2) is 11.6 Å². The molecular weight excluding hydrogens is 357 g/mol. The third-order valence-electron chi connectivity index (χ3n) is 5.03. The molecule has 1 aliphatic rings. The van der Waals surface area contributed by atoms with E-state index in [4.69, 9.17) is 14.5 Å². The van der Waals surface area contributed by atoms with Crippen LogP contribution in [0.4, 0.5) is 4.39 Å². The van der Waals surface area contributed by atoms with Crippen molar-refractivity contribution in [3.8, 4) is 5.75 Å². The molecule has 3 aromatic rings. The number of fused-ring (bicyclic) bond motifs is 2. The second-order valence-electron chi connectivity index (χ2n) is 6.90. The highest BCUT2D eigenvalue weighted by atomic mass is 19.1. The quantitative estimate of drug-likeness (QED) is 0.360. The normalized spacial score (nSPS) is 13.6. The Morgan fingerprint density at radius 2 is 1.75 bits per heavy atom. The summed E-state index contributed by atoms with van der Waals surface area (Å²) < 4.78 is 24.5. The van der Waals surface area contributed by atoms with Crippen molar-refractivity contribution in [3.05, 3.63) is 71.2 Å². The number of esters is 1. The second kappa shape index (κ2) is 8.38. The molecule has 0 spiro atoms. The number of benzene rings is 2. The Morgan fingerprint density at radius 3 is 2.64 bits per heavy atom. The van der Waals surface area contributed by atoms with Crippen molar-refractivity contribution < 1.29 is 18.7 Å². The molecule has 1 aromatic heterocycles. The monoisotopic (exact) mass is 379 g/mol.